The van der Waals surface area contributed by atoms with Gasteiger partial charge in [-0.2, -0.15) is 0 Å². The summed E-state index contributed by atoms with van der Waals surface area (Å²) in [4.78, 5) is 27.9. The number of nitrogens with zero attached hydrogens (tertiary/aromatic N) is 1. The Hall–Kier alpha value is -3.93. The number of imide groups is 1. The molecule has 0 saturated heterocycles. The monoisotopic (exact) mass is 444 g/mol. The van der Waals surface area contributed by atoms with Crippen LogP contribution < -0.4 is 10.1 Å². The summed E-state index contributed by atoms with van der Waals surface area (Å²) >= 11 is 0. The molecule has 1 N–H and O–H groups in total. The third-order valence-electron chi connectivity index (χ3n) is 5.55. The fourth-order valence-corrected chi connectivity index (χ4v) is 3.87. The molecule has 0 unspecified atom stereocenters. The van der Waals surface area contributed by atoms with Gasteiger partial charge in [0, 0.05) is 11.3 Å². The van der Waals surface area contributed by atoms with Gasteiger partial charge in [0.1, 0.15) is 17.3 Å². The van der Waals surface area contributed by atoms with Crippen LogP contribution in [-0.2, 0) is 16.1 Å². The molecule has 5 nitrogen and oxygen atoms in total. The number of hydrogen-bond donors (Lipinski definition) is 1. The van der Waals surface area contributed by atoms with E-state index in [1.54, 1.807) is 42.5 Å². The lowest BCUT2D eigenvalue weighted by Gasteiger charge is -2.16. The summed E-state index contributed by atoms with van der Waals surface area (Å²) in [6, 6.07) is 19.0. The van der Waals surface area contributed by atoms with Gasteiger partial charge >= 0.3 is 0 Å². The van der Waals surface area contributed by atoms with E-state index in [-0.39, 0.29) is 23.4 Å². The largest absolute Gasteiger partial charge is 0.494 e. The highest BCUT2D eigenvalue weighted by molar-refractivity contribution is 6.36. The van der Waals surface area contributed by atoms with E-state index in [1.807, 2.05) is 39.0 Å². The highest BCUT2D eigenvalue weighted by Crippen LogP contribution is 2.33. The molecule has 0 fully saturated rings. The van der Waals surface area contributed by atoms with Gasteiger partial charge < -0.3 is 10.1 Å². The average molecular weight is 445 g/mol. The zero-order valence-corrected chi connectivity index (χ0v) is 18.8. The van der Waals surface area contributed by atoms with E-state index in [4.69, 9.17) is 4.74 Å². The average Bonchev–Trinajstić information content (AvgIpc) is 3.02. The van der Waals surface area contributed by atoms with Crippen molar-refractivity contribution >= 4 is 23.1 Å². The number of rotatable bonds is 7. The molecule has 0 radical (unpaired) electrons. The van der Waals surface area contributed by atoms with Gasteiger partial charge in [-0.3, -0.25) is 14.5 Å². The quantitative estimate of drug-likeness (QED) is 0.507. The molecule has 33 heavy (non-hydrogen) atoms. The summed E-state index contributed by atoms with van der Waals surface area (Å²) in [6.07, 6.45) is 0. The number of aryl methyl sites for hydroxylation is 2. The predicted molar refractivity (Wildman–Crippen MR) is 126 cm³/mol. The molecule has 0 aromatic heterocycles. The maximum absolute atomic E-state index is 14.3. The van der Waals surface area contributed by atoms with Crippen LogP contribution >= 0.6 is 0 Å². The van der Waals surface area contributed by atoms with Gasteiger partial charge in [-0.05, 0) is 56.2 Å². The van der Waals surface area contributed by atoms with Gasteiger partial charge in [-0.1, -0.05) is 48.0 Å². The SMILES string of the molecule is CCOc1ccc(C2=C(Nc3ccc(C)cc3C)C(=O)N(Cc3ccccc3F)C2=O)cc1. The normalized spacial score (nSPS) is 13.6. The molecular formula is C27H25FN2O3. The van der Waals surface area contributed by atoms with E-state index in [1.165, 1.54) is 6.07 Å². The second-order valence-electron chi connectivity index (χ2n) is 7.94. The standard InChI is InChI=1S/C27H25FN2O3/c1-4-33-21-12-10-19(11-13-21)24-25(29-23-14-9-17(2)15-18(23)3)27(32)30(26(24)31)16-20-7-5-6-8-22(20)28/h5-15,29H,4,16H2,1-3H3. The third-order valence-corrected chi connectivity index (χ3v) is 5.55. The zero-order chi connectivity index (χ0) is 23.5. The summed E-state index contributed by atoms with van der Waals surface area (Å²) in [5.74, 6) is -0.756. The molecule has 1 aliphatic rings. The topological polar surface area (TPSA) is 58.6 Å². The summed E-state index contributed by atoms with van der Waals surface area (Å²) in [6.45, 7) is 6.19. The second kappa shape index (κ2) is 9.28. The maximum Gasteiger partial charge on any atom is 0.278 e. The molecule has 0 saturated carbocycles. The summed E-state index contributed by atoms with van der Waals surface area (Å²) in [5, 5.41) is 3.18. The van der Waals surface area contributed by atoms with Crippen LogP contribution in [0, 0.1) is 19.7 Å². The molecule has 0 aliphatic carbocycles. The summed E-state index contributed by atoms with van der Waals surface area (Å²) in [5.41, 5.74) is 4.05. The number of halogens is 1. The number of ether oxygens (including phenoxy) is 1. The molecule has 1 heterocycles. The predicted octanol–water partition coefficient (Wildman–Crippen LogP) is 5.23. The van der Waals surface area contributed by atoms with E-state index in [0.29, 0.717) is 17.9 Å². The van der Waals surface area contributed by atoms with Crippen LogP contribution in [0.15, 0.2) is 72.4 Å². The number of anilines is 1. The molecule has 1 aliphatic heterocycles. The van der Waals surface area contributed by atoms with Crippen molar-refractivity contribution in [3.05, 3.63) is 100 Å². The molecule has 6 heteroatoms. The van der Waals surface area contributed by atoms with E-state index in [2.05, 4.69) is 5.32 Å². The van der Waals surface area contributed by atoms with Crippen molar-refractivity contribution in [2.45, 2.75) is 27.3 Å². The van der Waals surface area contributed by atoms with E-state index in [9.17, 15) is 14.0 Å². The molecule has 3 aromatic rings. The Morgan fingerprint density at radius 2 is 1.67 bits per heavy atom. The van der Waals surface area contributed by atoms with Crippen LogP contribution in [0.2, 0.25) is 0 Å². The highest BCUT2D eigenvalue weighted by atomic mass is 19.1. The first-order chi connectivity index (χ1) is 15.9. The van der Waals surface area contributed by atoms with E-state index >= 15 is 0 Å². The molecule has 0 bridgehead atoms. The molecule has 3 aromatic carbocycles. The first-order valence-electron chi connectivity index (χ1n) is 10.8. The lowest BCUT2D eigenvalue weighted by atomic mass is 10.0. The molecule has 0 spiro atoms. The van der Waals surface area contributed by atoms with Crippen molar-refractivity contribution in [1.82, 2.24) is 4.90 Å². The minimum Gasteiger partial charge on any atom is -0.494 e. The van der Waals surface area contributed by atoms with Crippen LogP contribution in [0.5, 0.6) is 5.75 Å². The van der Waals surface area contributed by atoms with Crippen LogP contribution in [-0.4, -0.2) is 23.3 Å². The van der Waals surface area contributed by atoms with Gasteiger partial charge in [0.15, 0.2) is 0 Å². The number of nitrogens with one attached hydrogen (secondary N) is 1. The Bertz CT molecular complexity index is 1250. The van der Waals surface area contributed by atoms with Gasteiger partial charge in [0.25, 0.3) is 11.8 Å². The van der Waals surface area contributed by atoms with Crippen molar-refractivity contribution < 1.29 is 18.7 Å². The summed E-state index contributed by atoms with van der Waals surface area (Å²) in [7, 11) is 0. The molecule has 4 rings (SSSR count). The van der Waals surface area contributed by atoms with Gasteiger partial charge in [-0.25, -0.2) is 4.39 Å². The number of amides is 2. The Morgan fingerprint density at radius 3 is 2.33 bits per heavy atom. The van der Waals surface area contributed by atoms with Crippen LogP contribution in [0.25, 0.3) is 5.57 Å². The van der Waals surface area contributed by atoms with Crippen molar-refractivity contribution in [3.63, 3.8) is 0 Å². The third kappa shape index (κ3) is 4.51. The Labute approximate surface area is 192 Å². The summed E-state index contributed by atoms with van der Waals surface area (Å²) < 4.78 is 19.8. The molecule has 0 atom stereocenters. The lowest BCUT2D eigenvalue weighted by Crippen LogP contribution is -2.32. The van der Waals surface area contributed by atoms with Crippen LogP contribution in [0.3, 0.4) is 0 Å². The second-order valence-corrected chi connectivity index (χ2v) is 7.94. The number of carbonyl (C=O) groups is 2. The van der Waals surface area contributed by atoms with Crippen LogP contribution in [0.1, 0.15) is 29.2 Å². The van der Waals surface area contributed by atoms with Gasteiger partial charge in [0.2, 0.25) is 0 Å². The van der Waals surface area contributed by atoms with E-state index < -0.39 is 17.6 Å². The Kier molecular flexibility index (Phi) is 6.27. The first kappa shape index (κ1) is 22.3. The fraction of sp³-hybridized carbons (Fsp3) is 0.185. The molecular weight excluding hydrogens is 419 g/mol. The van der Waals surface area contributed by atoms with Crippen molar-refractivity contribution in [2.24, 2.45) is 0 Å². The molecule has 168 valence electrons. The number of carbonyl (C=O) groups excluding carboxylic acids is 2. The van der Waals surface area contributed by atoms with Gasteiger partial charge in [-0.15, -0.1) is 0 Å². The smallest absolute Gasteiger partial charge is 0.278 e. The number of hydrogen-bond acceptors (Lipinski definition) is 4. The highest BCUT2D eigenvalue weighted by Gasteiger charge is 2.39. The van der Waals surface area contributed by atoms with Crippen molar-refractivity contribution in [2.75, 3.05) is 11.9 Å². The van der Waals surface area contributed by atoms with Crippen LogP contribution in [0.4, 0.5) is 10.1 Å². The lowest BCUT2D eigenvalue weighted by molar-refractivity contribution is -0.137. The van der Waals surface area contributed by atoms with E-state index in [0.717, 1.165) is 21.7 Å². The fourth-order valence-electron chi connectivity index (χ4n) is 3.87. The molecule has 2 amide bonds. The minimum absolute atomic E-state index is 0.150. The Balaban J connectivity index is 1.75. The zero-order valence-electron chi connectivity index (χ0n) is 18.8. The maximum atomic E-state index is 14.3. The first-order valence-corrected chi connectivity index (χ1v) is 10.8. The minimum atomic E-state index is -0.493. The van der Waals surface area contributed by atoms with Gasteiger partial charge in [0.05, 0.1) is 18.7 Å². The van der Waals surface area contributed by atoms with Crippen molar-refractivity contribution in [3.8, 4) is 5.75 Å². The van der Waals surface area contributed by atoms with Crippen molar-refractivity contribution in [1.29, 1.82) is 0 Å². The Morgan fingerprint density at radius 1 is 0.939 bits per heavy atom. The number of benzene rings is 3.